The largest absolute Gasteiger partial charge is 0.351 e. The highest BCUT2D eigenvalue weighted by Gasteiger charge is 2.54. The predicted octanol–water partition coefficient (Wildman–Crippen LogP) is 2.22. The molecular weight excluding hydrogens is 430 g/mol. The first-order valence-corrected chi connectivity index (χ1v) is 11.1. The van der Waals surface area contributed by atoms with Crippen LogP contribution >= 0.6 is 0 Å². The van der Waals surface area contributed by atoms with Gasteiger partial charge in [-0.1, -0.05) is 91.0 Å². The molecule has 0 bridgehead atoms. The van der Waals surface area contributed by atoms with E-state index >= 15 is 0 Å². The molecule has 0 spiro atoms. The van der Waals surface area contributed by atoms with Crippen molar-refractivity contribution >= 4 is 23.5 Å². The van der Waals surface area contributed by atoms with Crippen LogP contribution in [0.2, 0.25) is 0 Å². The molecule has 1 heterocycles. The Morgan fingerprint density at radius 1 is 0.647 bits per heavy atom. The Hall–Kier alpha value is -4.26. The fraction of sp³-hybridized carbons (Fsp3) is 0.185. The number of nitrogens with zero attached hydrogens (tertiary/aromatic N) is 1. The fourth-order valence-electron chi connectivity index (χ4n) is 4.01. The first kappa shape index (κ1) is 22.9. The topological polar surface area (TPSA) is 95.6 Å². The molecule has 3 aromatic carbocycles. The van der Waals surface area contributed by atoms with E-state index in [2.05, 4.69) is 10.6 Å². The number of carbonyl (C=O) groups excluding carboxylic acids is 4. The Morgan fingerprint density at radius 2 is 1.09 bits per heavy atom. The van der Waals surface area contributed by atoms with Crippen molar-refractivity contribution in [2.24, 2.45) is 5.92 Å². The maximum absolute atomic E-state index is 13.3. The Balaban J connectivity index is 1.56. The van der Waals surface area contributed by atoms with E-state index in [4.69, 9.17) is 0 Å². The lowest BCUT2D eigenvalue weighted by molar-refractivity contribution is -0.142. The van der Waals surface area contributed by atoms with Crippen molar-refractivity contribution in [3.8, 4) is 0 Å². The van der Waals surface area contributed by atoms with Crippen LogP contribution in [0.1, 0.15) is 16.7 Å². The Labute approximate surface area is 197 Å². The Kier molecular flexibility index (Phi) is 7.13. The smallest absolute Gasteiger partial charge is 0.291 e. The molecule has 0 unspecified atom stereocenters. The van der Waals surface area contributed by atoms with Crippen LogP contribution in [0.15, 0.2) is 91.0 Å². The third-order valence-electron chi connectivity index (χ3n) is 5.77. The van der Waals surface area contributed by atoms with Gasteiger partial charge in [-0.15, -0.1) is 0 Å². The standard InChI is InChI=1S/C27H25N3O4/c31-24-22(25(32)28-16-19-10-4-1-5-11-19)23(26(33)29-17-20-12-6-2-7-13-20)30(27(24)34)18-21-14-8-3-9-15-21/h1-15,22-23H,16-18H2,(H,28,32)(H,29,33)/t22-,23+/m0/s1. The molecule has 1 aliphatic heterocycles. The minimum Gasteiger partial charge on any atom is -0.351 e. The first-order chi connectivity index (χ1) is 16.5. The molecule has 0 saturated carbocycles. The number of rotatable bonds is 8. The van der Waals surface area contributed by atoms with Gasteiger partial charge in [0.15, 0.2) is 0 Å². The molecule has 7 heteroatoms. The SMILES string of the molecule is O=C(NCc1ccccc1)[C@@H]1C(=O)C(=O)N(Cc2ccccc2)[C@H]1C(=O)NCc1ccccc1. The molecule has 3 amide bonds. The van der Waals surface area contributed by atoms with Crippen molar-refractivity contribution in [2.75, 3.05) is 0 Å². The number of nitrogens with one attached hydrogen (secondary N) is 2. The number of Topliss-reactive ketones (excluding diaryl/α,β-unsaturated/α-hetero) is 1. The summed E-state index contributed by atoms with van der Waals surface area (Å²) in [7, 11) is 0. The maximum Gasteiger partial charge on any atom is 0.291 e. The van der Waals surface area contributed by atoms with Gasteiger partial charge < -0.3 is 15.5 Å². The number of carbonyl (C=O) groups is 4. The van der Waals surface area contributed by atoms with Crippen LogP contribution in [0.5, 0.6) is 0 Å². The summed E-state index contributed by atoms with van der Waals surface area (Å²) in [6, 6.07) is 26.3. The molecule has 1 aliphatic rings. The van der Waals surface area contributed by atoms with Gasteiger partial charge in [0.25, 0.3) is 5.91 Å². The summed E-state index contributed by atoms with van der Waals surface area (Å²) in [5.74, 6) is -4.31. The summed E-state index contributed by atoms with van der Waals surface area (Å²) < 4.78 is 0. The van der Waals surface area contributed by atoms with E-state index in [1.54, 1.807) is 12.1 Å². The molecule has 3 aromatic rings. The molecule has 172 valence electrons. The van der Waals surface area contributed by atoms with Crippen LogP contribution in [0, 0.1) is 5.92 Å². The van der Waals surface area contributed by atoms with Gasteiger partial charge in [-0.05, 0) is 16.7 Å². The van der Waals surface area contributed by atoms with Crippen molar-refractivity contribution in [3.05, 3.63) is 108 Å². The lowest BCUT2D eigenvalue weighted by Crippen LogP contribution is -2.50. The Morgan fingerprint density at radius 3 is 1.59 bits per heavy atom. The molecule has 2 atom stereocenters. The van der Waals surface area contributed by atoms with Crippen LogP contribution in [-0.4, -0.2) is 34.4 Å². The van der Waals surface area contributed by atoms with Crippen molar-refractivity contribution in [2.45, 2.75) is 25.7 Å². The second-order valence-corrected chi connectivity index (χ2v) is 8.11. The van der Waals surface area contributed by atoms with Gasteiger partial charge in [0.05, 0.1) is 0 Å². The van der Waals surface area contributed by atoms with E-state index in [1.807, 2.05) is 78.9 Å². The molecule has 34 heavy (non-hydrogen) atoms. The molecule has 0 radical (unpaired) electrons. The third-order valence-corrected chi connectivity index (χ3v) is 5.77. The number of hydrogen-bond acceptors (Lipinski definition) is 4. The van der Waals surface area contributed by atoms with E-state index < -0.39 is 35.5 Å². The van der Waals surface area contributed by atoms with Crippen molar-refractivity contribution in [3.63, 3.8) is 0 Å². The zero-order valence-electron chi connectivity index (χ0n) is 18.5. The van der Waals surface area contributed by atoms with E-state index in [0.29, 0.717) is 0 Å². The second-order valence-electron chi connectivity index (χ2n) is 8.11. The van der Waals surface area contributed by atoms with Gasteiger partial charge in [0.2, 0.25) is 17.6 Å². The Bertz CT molecular complexity index is 1170. The average molecular weight is 456 g/mol. The highest BCUT2D eigenvalue weighted by atomic mass is 16.2. The molecule has 2 N–H and O–H groups in total. The van der Waals surface area contributed by atoms with E-state index in [-0.39, 0.29) is 19.6 Å². The third kappa shape index (κ3) is 5.20. The minimum absolute atomic E-state index is 0.0529. The van der Waals surface area contributed by atoms with E-state index in [0.717, 1.165) is 16.7 Å². The lowest BCUT2D eigenvalue weighted by Gasteiger charge is -2.26. The average Bonchev–Trinajstić information content (AvgIpc) is 3.13. The molecular formula is C27H25N3O4. The summed E-state index contributed by atoms with van der Waals surface area (Å²) in [4.78, 5) is 53.4. The number of likely N-dealkylation sites (tertiary alicyclic amines) is 1. The monoisotopic (exact) mass is 455 g/mol. The summed E-state index contributed by atoms with van der Waals surface area (Å²) >= 11 is 0. The van der Waals surface area contributed by atoms with E-state index in [9.17, 15) is 19.2 Å². The van der Waals surface area contributed by atoms with Gasteiger partial charge in [0.1, 0.15) is 12.0 Å². The van der Waals surface area contributed by atoms with Crippen molar-refractivity contribution < 1.29 is 19.2 Å². The number of hydrogen-bond donors (Lipinski definition) is 2. The second kappa shape index (κ2) is 10.6. The highest BCUT2D eigenvalue weighted by Crippen LogP contribution is 2.26. The fourth-order valence-corrected chi connectivity index (χ4v) is 4.01. The van der Waals surface area contributed by atoms with Gasteiger partial charge in [-0.2, -0.15) is 0 Å². The van der Waals surface area contributed by atoms with Crippen molar-refractivity contribution in [1.82, 2.24) is 15.5 Å². The number of ketones is 1. The summed E-state index contributed by atoms with van der Waals surface area (Å²) in [5, 5.41) is 5.51. The summed E-state index contributed by atoms with van der Waals surface area (Å²) in [5.41, 5.74) is 2.47. The number of amides is 3. The molecule has 1 saturated heterocycles. The molecule has 0 aliphatic carbocycles. The molecule has 7 nitrogen and oxygen atoms in total. The first-order valence-electron chi connectivity index (χ1n) is 11.1. The van der Waals surface area contributed by atoms with Gasteiger partial charge in [-0.3, -0.25) is 19.2 Å². The predicted molar refractivity (Wildman–Crippen MR) is 126 cm³/mol. The highest BCUT2D eigenvalue weighted by molar-refractivity contribution is 6.44. The number of benzene rings is 3. The molecule has 0 aromatic heterocycles. The van der Waals surface area contributed by atoms with Crippen LogP contribution in [0.25, 0.3) is 0 Å². The summed E-state index contributed by atoms with van der Waals surface area (Å²) in [6.07, 6.45) is 0. The van der Waals surface area contributed by atoms with Crippen LogP contribution in [0.3, 0.4) is 0 Å². The van der Waals surface area contributed by atoms with E-state index in [1.165, 1.54) is 4.90 Å². The lowest BCUT2D eigenvalue weighted by atomic mass is 9.96. The zero-order valence-corrected chi connectivity index (χ0v) is 18.5. The quantitative estimate of drug-likeness (QED) is 0.402. The molecule has 4 rings (SSSR count). The zero-order chi connectivity index (χ0) is 23.9. The normalized spacial score (nSPS) is 17.5. The van der Waals surface area contributed by atoms with Gasteiger partial charge in [-0.25, -0.2) is 0 Å². The minimum atomic E-state index is -1.42. The maximum atomic E-state index is 13.3. The van der Waals surface area contributed by atoms with Gasteiger partial charge >= 0.3 is 0 Å². The summed E-state index contributed by atoms with van der Waals surface area (Å²) in [6.45, 7) is 0.460. The van der Waals surface area contributed by atoms with Crippen molar-refractivity contribution in [1.29, 1.82) is 0 Å². The van der Waals surface area contributed by atoms with Gasteiger partial charge in [0, 0.05) is 19.6 Å². The molecule has 1 fully saturated rings. The van der Waals surface area contributed by atoms with Crippen LogP contribution < -0.4 is 10.6 Å². The van der Waals surface area contributed by atoms with Crippen LogP contribution in [0.4, 0.5) is 0 Å². The van der Waals surface area contributed by atoms with Crippen LogP contribution in [-0.2, 0) is 38.8 Å².